The van der Waals surface area contributed by atoms with Gasteiger partial charge in [-0.05, 0) is 25.5 Å². The Labute approximate surface area is 197 Å². The van der Waals surface area contributed by atoms with Crippen molar-refractivity contribution < 1.29 is 41.1 Å². The Morgan fingerprint density at radius 2 is 1.21 bits per heavy atom. The number of aryl methyl sites for hydroxylation is 1. The van der Waals surface area contributed by atoms with Gasteiger partial charge in [0.1, 0.15) is 6.61 Å². The van der Waals surface area contributed by atoms with E-state index in [1.807, 2.05) is 6.92 Å². The van der Waals surface area contributed by atoms with E-state index in [9.17, 15) is 13.2 Å². The van der Waals surface area contributed by atoms with Gasteiger partial charge in [0.2, 0.25) is 0 Å². The standard InChI is InChI=1S/C23H38O9S/c1-3-4-5-6-23(24)31-19-17-29-15-13-27-11-12-28-14-16-30-18-20-32-33(25,26)22-9-7-21(2)8-10-22/h7-10H,3-6,11-20H2,1-2H3. The number of hydrogen-bond donors (Lipinski definition) is 0. The number of benzene rings is 1. The smallest absolute Gasteiger partial charge is 0.305 e. The van der Waals surface area contributed by atoms with Crippen LogP contribution in [0.25, 0.3) is 0 Å². The predicted molar refractivity (Wildman–Crippen MR) is 123 cm³/mol. The third kappa shape index (κ3) is 15.8. The molecule has 1 rings (SSSR count). The van der Waals surface area contributed by atoms with Crippen molar-refractivity contribution in [2.24, 2.45) is 0 Å². The Hall–Kier alpha value is -1.56. The molecule has 0 spiro atoms. The Morgan fingerprint density at radius 3 is 1.73 bits per heavy atom. The van der Waals surface area contributed by atoms with Crippen LogP contribution in [-0.4, -0.2) is 80.5 Å². The number of carbonyl (C=O) groups is 1. The summed E-state index contributed by atoms with van der Waals surface area (Å²) in [6.45, 7) is 7.06. The predicted octanol–water partition coefficient (Wildman–Crippen LogP) is 2.89. The van der Waals surface area contributed by atoms with Crippen LogP contribution >= 0.6 is 0 Å². The quantitative estimate of drug-likeness (QED) is 0.146. The molecule has 0 bridgehead atoms. The molecule has 1 aromatic rings. The molecule has 0 unspecified atom stereocenters. The van der Waals surface area contributed by atoms with Crippen LogP contribution in [0.15, 0.2) is 29.2 Å². The number of carbonyl (C=O) groups excluding carboxylic acids is 1. The summed E-state index contributed by atoms with van der Waals surface area (Å²) in [7, 11) is -3.76. The second kappa shape index (κ2) is 18.8. The first-order valence-electron chi connectivity index (χ1n) is 11.4. The maximum atomic E-state index is 12.0. The monoisotopic (exact) mass is 490 g/mol. The fraction of sp³-hybridized carbons (Fsp3) is 0.696. The van der Waals surface area contributed by atoms with Gasteiger partial charge in [-0.25, -0.2) is 0 Å². The average Bonchev–Trinajstić information content (AvgIpc) is 2.79. The van der Waals surface area contributed by atoms with Gasteiger partial charge in [0, 0.05) is 6.42 Å². The zero-order chi connectivity index (χ0) is 24.2. The van der Waals surface area contributed by atoms with Crippen molar-refractivity contribution in [1.82, 2.24) is 0 Å². The van der Waals surface area contributed by atoms with Crippen LogP contribution in [0.1, 0.15) is 38.2 Å². The highest BCUT2D eigenvalue weighted by Crippen LogP contribution is 2.12. The van der Waals surface area contributed by atoms with Crippen LogP contribution in [0.5, 0.6) is 0 Å². The topological polar surface area (TPSA) is 107 Å². The molecular weight excluding hydrogens is 452 g/mol. The van der Waals surface area contributed by atoms with E-state index < -0.39 is 10.1 Å². The highest BCUT2D eigenvalue weighted by Gasteiger charge is 2.14. The van der Waals surface area contributed by atoms with Crippen LogP contribution in [0.2, 0.25) is 0 Å². The summed E-state index contributed by atoms with van der Waals surface area (Å²) in [4.78, 5) is 11.5. The number of esters is 1. The number of hydrogen-bond acceptors (Lipinski definition) is 9. The summed E-state index contributed by atoms with van der Waals surface area (Å²) >= 11 is 0. The van der Waals surface area contributed by atoms with Gasteiger partial charge in [-0.3, -0.25) is 8.98 Å². The summed E-state index contributed by atoms with van der Waals surface area (Å²) in [5, 5.41) is 0. The van der Waals surface area contributed by atoms with E-state index >= 15 is 0 Å². The van der Waals surface area contributed by atoms with Crippen molar-refractivity contribution in [3.05, 3.63) is 29.8 Å². The first-order valence-corrected chi connectivity index (χ1v) is 12.8. The molecular formula is C23H38O9S. The molecule has 0 fully saturated rings. The summed E-state index contributed by atoms with van der Waals surface area (Å²) in [5.41, 5.74) is 0.976. The van der Waals surface area contributed by atoms with E-state index in [0.717, 1.165) is 24.8 Å². The Balaban J connectivity index is 1.83. The molecule has 0 aliphatic heterocycles. The fourth-order valence-corrected chi connectivity index (χ4v) is 3.44. The van der Waals surface area contributed by atoms with E-state index in [1.54, 1.807) is 12.1 Å². The summed E-state index contributed by atoms with van der Waals surface area (Å²) in [6, 6.07) is 6.47. The third-order valence-electron chi connectivity index (χ3n) is 4.37. The van der Waals surface area contributed by atoms with Crippen LogP contribution in [0.3, 0.4) is 0 Å². The molecule has 0 atom stereocenters. The highest BCUT2D eigenvalue weighted by atomic mass is 32.2. The summed E-state index contributed by atoms with van der Waals surface area (Å²) in [5.74, 6) is -0.177. The summed E-state index contributed by atoms with van der Waals surface area (Å²) < 4.78 is 55.4. The molecule has 0 aromatic heterocycles. The normalized spacial score (nSPS) is 11.6. The minimum Gasteiger partial charge on any atom is -0.463 e. The molecule has 0 aliphatic carbocycles. The van der Waals surface area contributed by atoms with Crippen molar-refractivity contribution in [3.8, 4) is 0 Å². The number of ether oxygens (including phenoxy) is 5. The molecule has 0 radical (unpaired) electrons. The lowest BCUT2D eigenvalue weighted by molar-refractivity contribution is -0.145. The Bertz CT molecular complexity index is 720. The molecule has 0 N–H and O–H groups in total. The van der Waals surface area contributed by atoms with Gasteiger partial charge in [-0.1, -0.05) is 37.5 Å². The molecule has 9 nitrogen and oxygen atoms in total. The van der Waals surface area contributed by atoms with E-state index in [1.165, 1.54) is 12.1 Å². The van der Waals surface area contributed by atoms with Crippen LogP contribution in [-0.2, 0) is 42.8 Å². The fourth-order valence-electron chi connectivity index (χ4n) is 2.54. The molecule has 0 aliphatic rings. The van der Waals surface area contributed by atoms with E-state index in [0.29, 0.717) is 52.7 Å². The lowest BCUT2D eigenvalue weighted by Gasteiger charge is -2.08. The zero-order valence-electron chi connectivity index (χ0n) is 19.8. The average molecular weight is 491 g/mol. The van der Waals surface area contributed by atoms with E-state index in [2.05, 4.69) is 6.92 Å². The van der Waals surface area contributed by atoms with Crippen molar-refractivity contribution in [2.75, 3.05) is 66.1 Å². The van der Waals surface area contributed by atoms with Gasteiger partial charge in [-0.15, -0.1) is 0 Å². The van der Waals surface area contributed by atoms with Gasteiger partial charge in [-0.2, -0.15) is 8.42 Å². The molecule has 0 amide bonds. The minimum absolute atomic E-state index is 0.0582. The van der Waals surface area contributed by atoms with Crippen LogP contribution in [0.4, 0.5) is 0 Å². The van der Waals surface area contributed by atoms with Crippen molar-refractivity contribution >= 4 is 16.1 Å². The second-order valence-electron chi connectivity index (χ2n) is 7.22. The molecule has 190 valence electrons. The first-order chi connectivity index (χ1) is 16.0. The highest BCUT2D eigenvalue weighted by molar-refractivity contribution is 7.86. The molecule has 0 saturated heterocycles. The second-order valence-corrected chi connectivity index (χ2v) is 8.83. The maximum absolute atomic E-state index is 12.0. The number of unbranched alkanes of at least 4 members (excludes halogenated alkanes) is 2. The van der Waals surface area contributed by atoms with E-state index in [4.69, 9.17) is 27.9 Å². The molecule has 0 heterocycles. The molecule has 1 aromatic carbocycles. The van der Waals surface area contributed by atoms with E-state index in [-0.39, 0.29) is 30.7 Å². The van der Waals surface area contributed by atoms with Gasteiger partial charge in [0.05, 0.1) is 64.4 Å². The lowest BCUT2D eigenvalue weighted by Crippen LogP contribution is -2.15. The largest absolute Gasteiger partial charge is 0.463 e. The van der Waals surface area contributed by atoms with Crippen molar-refractivity contribution in [3.63, 3.8) is 0 Å². The van der Waals surface area contributed by atoms with Crippen molar-refractivity contribution in [1.29, 1.82) is 0 Å². The summed E-state index contributed by atoms with van der Waals surface area (Å²) in [6.07, 6.45) is 3.45. The Morgan fingerprint density at radius 1 is 0.727 bits per heavy atom. The van der Waals surface area contributed by atoms with Gasteiger partial charge in [0.15, 0.2) is 0 Å². The van der Waals surface area contributed by atoms with Gasteiger partial charge < -0.3 is 23.7 Å². The SMILES string of the molecule is CCCCCC(=O)OCCOCCOCCOCCOCCOS(=O)(=O)c1ccc(C)cc1. The van der Waals surface area contributed by atoms with Crippen LogP contribution in [0, 0.1) is 6.92 Å². The number of rotatable bonds is 21. The molecule has 33 heavy (non-hydrogen) atoms. The zero-order valence-corrected chi connectivity index (χ0v) is 20.6. The van der Waals surface area contributed by atoms with Crippen molar-refractivity contribution in [2.45, 2.75) is 44.4 Å². The molecule has 10 heteroatoms. The maximum Gasteiger partial charge on any atom is 0.305 e. The first kappa shape index (κ1) is 29.5. The third-order valence-corrected chi connectivity index (χ3v) is 5.69. The Kier molecular flexibility index (Phi) is 16.8. The lowest BCUT2D eigenvalue weighted by atomic mass is 10.2. The van der Waals surface area contributed by atoms with Gasteiger partial charge in [0.25, 0.3) is 10.1 Å². The minimum atomic E-state index is -3.76. The van der Waals surface area contributed by atoms with Gasteiger partial charge >= 0.3 is 5.97 Å². The van der Waals surface area contributed by atoms with Crippen LogP contribution < -0.4 is 0 Å². The molecule has 0 saturated carbocycles.